The Balaban J connectivity index is 2.28. The van der Waals surface area contributed by atoms with Gasteiger partial charge in [-0.2, -0.15) is 0 Å². The number of rotatable bonds is 2. The van der Waals surface area contributed by atoms with Crippen LogP contribution < -0.4 is 10.2 Å². The van der Waals surface area contributed by atoms with Gasteiger partial charge in [-0.25, -0.2) is 0 Å². The van der Waals surface area contributed by atoms with Crippen molar-refractivity contribution in [3.63, 3.8) is 0 Å². The summed E-state index contributed by atoms with van der Waals surface area (Å²) in [5, 5.41) is 21.3. The third kappa shape index (κ3) is 2.00. The Kier molecular flexibility index (Phi) is 3.07. The molecule has 0 saturated carbocycles. The van der Waals surface area contributed by atoms with Crippen LogP contribution in [0.3, 0.4) is 0 Å². The normalized spacial score (nSPS) is 21.2. The fourth-order valence-electron chi connectivity index (χ4n) is 1.84. The number of phenols is 1. The highest BCUT2D eigenvalue weighted by Crippen LogP contribution is 2.21. The second-order valence-electron chi connectivity index (χ2n) is 3.75. The number of phenolic OH excluding ortho intramolecular Hbond substituents is 1. The van der Waals surface area contributed by atoms with Gasteiger partial charge in [0.1, 0.15) is 5.75 Å². The van der Waals surface area contributed by atoms with E-state index < -0.39 is 0 Å². The van der Waals surface area contributed by atoms with Gasteiger partial charge in [-0.3, -0.25) is 4.79 Å². The van der Waals surface area contributed by atoms with Gasteiger partial charge >= 0.3 is 0 Å². The molecule has 0 aromatic heterocycles. The van der Waals surface area contributed by atoms with Crippen LogP contribution in [0.15, 0.2) is 24.3 Å². The van der Waals surface area contributed by atoms with E-state index in [1.807, 2.05) is 0 Å². The highest BCUT2D eigenvalue weighted by molar-refractivity contribution is 5.96. The first-order chi connectivity index (χ1) is 7.72. The monoisotopic (exact) mass is 222 g/mol. The number of carbonyl (C=O) groups is 1. The third-order valence-corrected chi connectivity index (χ3v) is 2.63. The van der Waals surface area contributed by atoms with E-state index in [0.717, 1.165) is 0 Å². The van der Waals surface area contributed by atoms with Crippen molar-refractivity contribution in [2.75, 3.05) is 24.6 Å². The molecule has 1 aromatic rings. The number of hydrogen-bond acceptors (Lipinski definition) is 4. The number of aromatic hydroxyl groups is 1. The molecule has 1 heterocycles. The van der Waals surface area contributed by atoms with Gasteiger partial charge in [-0.05, 0) is 24.3 Å². The molecule has 5 heteroatoms. The maximum Gasteiger partial charge on any atom is 0.241 e. The molecule has 16 heavy (non-hydrogen) atoms. The van der Waals surface area contributed by atoms with Crippen molar-refractivity contribution in [3.05, 3.63) is 24.3 Å². The van der Waals surface area contributed by atoms with Gasteiger partial charge in [0.25, 0.3) is 0 Å². The van der Waals surface area contributed by atoms with Gasteiger partial charge in [0, 0.05) is 12.2 Å². The second-order valence-corrected chi connectivity index (χ2v) is 3.75. The molecule has 1 amide bonds. The molecule has 2 rings (SSSR count). The number of piperazine rings is 1. The summed E-state index contributed by atoms with van der Waals surface area (Å²) < 4.78 is 0. The molecule has 0 bridgehead atoms. The van der Waals surface area contributed by atoms with Crippen molar-refractivity contribution in [2.24, 2.45) is 0 Å². The van der Waals surface area contributed by atoms with E-state index in [1.165, 1.54) is 12.1 Å². The summed E-state index contributed by atoms with van der Waals surface area (Å²) >= 11 is 0. The smallest absolute Gasteiger partial charge is 0.241 e. The van der Waals surface area contributed by atoms with Gasteiger partial charge in [-0.15, -0.1) is 0 Å². The van der Waals surface area contributed by atoms with Crippen molar-refractivity contribution in [3.8, 4) is 5.75 Å². The number of hydrogen-bond donors (Lipinski definition) is 3. The Morgan fingerprint density at radius 1 is 1.38 bits per heavy atom. The molecule has 0 unspecified atom stereocenters. The average molecular weight is 222 g/mol. The summed E-state index contributed by atoms with van der Waals surface area (Å²) in [6, 6.07) is 6.14. The first kappa shape index (κ1) is 10.9. The number of aliphatic hydroxyl groups excluding tert-OH is 1. The maximum absolute atomic E-state index is 11.7. The summed E-state index contributed by atoms with van der Waals surface area (Å²) in [6.07, 6.45) is 0. The highest BCUT2D eigenvalue weighted by Gasteiger charge is 2.28. The first-order valence-electron chi connectivity index (χ1n) is 5.15. The molecular formula is C11H14N2O3. The zero-order valence-corrected chi connectivity index (χ0v) is 8.76. The van der Waals surface area contributed by atoms with Gasteiger partial charge in [0.15, 0.2) is 0 Å². The van der Waals surface area contributed by atoms with Crippen LogP contribution in [0.1, 0.15) is 0 Å². The van der Waals surface area contributed by atoms with E-state index in [4.69, 9.17) is 0 Å². The Morgan fingerprint density at radius 3 is 2.69 bits per heavy atom. The number of nitrogens with one attached hydrogen (secondary N) is 1. The van der Waals surface area contributed by atoms with Gasteiger partial charge in [-0.1, -0.05) is 0 Å². The summed E-state index contributed by atoms with van der Waals surface area (Å²) in [5.41, 5.74) is 0.698. The first-order valence-corrected chi connectivity index (χ1v) is 5.15. The zero-order valence-electron chi connectivity index (χ0n) is 8.76. The van der Waals surface area contributed by atoms with Crippen LogP contribution in [0.5, 0.6) is 5.75 Å². The lowest BCUT2D eigenvalue weighted by atomic mass is 10.1. The molecule has 1 saturated heterocycles. The minimum absolute atomic E-state index is 0.0732. The van der Waals surface area contributed by atoms with Crippen LogP contribution in [0.25, 0.3) is 0 Å². The van der Waals surface area contributed by atoms with Crippen molar-refractivity contribution < 1.29 is 15.0 Å². The van der Waals surface area contributed by atoms with Gasteiger partial charge in [0.05, 0.1) is 19.2 Å². The lowest BCUT2D eigenvalue weighted by Crippen LogP contribution is -2.56. The molecule has 1 atom stereocenters. The van der Waals surface area contributed by atoms with Crippen LogP contribution >= 0.6 is 0 Å². The summed E-state index contributed by atoms with van der Waals surface area (Å²) in [5.74, 6) is 0.0860. The van der Waals surface area contributed by atoms with Gasteiger partial charge < -0.3 is 20.4 Å². The number of benzene rings is 1. The predicted molar refractivity (Wildman–Crippen MR) is 59.3 cm³/mol. The Bertz CT molecular complexity index is 377. The largest absolute Gasteiger partial charge is 0.508 e. The second kappa shape index (κ2) is 4.51. The molecule has 5 nitrogen and oxygen atoms in total. The minimum atomic E-state index is -0.245. The van der Waals surface area contributed by atoms with Crippen molar-refractivity contribution in [1.29, 1.82) is 0 Å². The fourth-order valence-corrected chi connectivity index (χ4v) is 1.84. The molecular weight excluding hydrogens is 208 g/mol. The minimum Gasteiger partial charge on any atom is -0.508 e. The van der Waals surface area contributed by atoms with Gasteiger partial charge in [0.2, 0.25) is 5.91 Å². The van der Waals surface area contributed by atoms with E-state index in [9.17, 15) is 15.0 Å². The third-order valence-electron chi connectivity index (χ3n) is 2.63. The van der Waals surface area contributed by atoms with Crippen LogP contribution in [-0.4, -0.2) is 41.9 Å². The molecule has 3 N–H and O–H groups in total. The van der Waals surface area contributed by atoms with E-state index in [2.05, 4.69) is 5.32 Å². The molecule has 0 spiro atoms. The van der Waals surface area contributed by atoms with Crippen LogP contribution in [0.4, 0.5) is 5.69 Å². The number of anilines is 1. The molecule has 86 valence electrons. The molecule has 1 aliphatic rings. The molecule has 1 fully saturated rings. The maximum atomic E-state index is 11.7. The summed E-state index contributed by atoms with van der Waals surface area (Å²) in [7, 11) is 0. The zero-order chi connectivity index (χ0) is 11.5. The van der Waals surface area contributed by atoms with Crippen molar-refractivity contribution >= 4 is 11.6 Å². The van der Waals surface area contributed by atoms with Crippen LogP contribution in [-0.2, 0) is 4.79 Å². The summed E-state index contributed by atoms with van der Waals surface area (Å²) in [6.45, 7) is 0.764. The fraction of sp³-hybridized carbons (Fsp3) is 0.364. The lowest BCUT2D eigenvalue weighted by molar-refractivity contribution is -0.119. The predicted octanol–water partition coefficient (Wildman–Crippen LogP) is -0.311. The van der Waals surface area contributed by atoms with Crippen LogP contribution in [0.2, 0.25) is 0 Å². The van der Waals surface area contributed by atoms with E-state index >= 15 is 0 Å². The number of aliphatic hydroxyl groups is 1. The number of nitrogens with zero attached hydrogens (tertiary/aromatic N) is 1. The number of amides is 1. The van der Waals surface area contributed by atoms with E-state index in [1.54, 1.807) is 17.0 Å². The molecule has 1 aliphatic heterocycles. The SMILES string of the molecule is O=C1CNC[C@@H](CO)N1c1ccc(O)cc1. The quantitative estimate of drug-likeness (QED) is 0.642. The summed E-state index contributed by atoms with van der Waals surface area (Å²) in [4.78, 5) is 13.3. The lowest BCUT2D eigenvalue weighted by Gasteiger charge is -2.35. The van der Waals surface area contributed by atoms with Crippen LogP contribution in [0, 0.1) is 0 Å². The Labute approximate surface area is 93.3 Å². The van der Waals surface area contributed by atoms with E-state index in [0.29, 0.717) is 12.2 Å². The Hall–Kier alpha value is -1.59. The molecule has 0 radical (unpaired) electrons. The Morgan fingerprint density at radius 2 is 2.06 bits per heavy atom. The number of carbonyl (C=O) groups excluding carboxylic acids is 1. The standard InChI is InChI=1S/C11H14N2O3/c14-7-9-5-12-6-11(16)13(9)8-1-3-10(15)4-2-8/h1-4,9,12,14-15H,5-7H2/t9-/m0/s1. The molecule has 0 aliphatic carbocycles. The highest BCUT2D eigenvalue weighted by atomic mass is 16.3. The average Bonchev–Trinajstić information content (AvgIpc) is 2.30. The molecule has 1 aromatic carbocycles. The van der Waals surface area contributed by atoms with E-state index in [-0.39, 0.29) is 30.9 Å². The topological polar surface area (TPSA) is 72.8 Å². The van der Waals surface area contributed by atoms with Crippen molar-refractivity contribution in [1.82, 2.24) is 5.32 Å². The van der Waals surface area contributed by atoms with Crippen molar-refractivity contribution in [2.45, 2.75) is 6.04 Å².